The highest BCUT2D eigenvalue weighted by Crippen LogP contribution is 2.36. The summed E-state index contributed by atoms with van der Waals surface area (Å²) < 4.78 is 11.7. The number of allylic oxidation sites excluding steroid dienone is 1. The van der Waals surface area contributed by atoms with E-state index in [1.807, 2.05) is 24.4 Å². The van der Waals surface area contributed by atoms with Gasteiger partial charge in [-0.15, -0.1) is 11.3 Å². The molecule has 2 aliphatic rings. The summed E-state index contributed by atoms with van der Waals surface area (Å²) in [4.78, 5) is 41.7. The van der Waals surface area contributed by atoms with Crippen molar-refractivity contribution >= 4 is 50.2 Å². The molecule has 0 atom stereocenters. The molecule has 2 saturated heterocycles. The van der Waals surface area contributed by atoms with Gasteiger partial charge in [0.05, 0.1) is 35.1 Å². The lowest BCUT2D eigenvalue weighted by Crippen LogP contribution is -2.49. The smallest absolute Gasteiger partial charge is 0.330 e. The number of H-pyrrole nitrogens is 1. The molecule has 11 nitrogen and oxygen atoms in total. The molecule has 0 bridgehead atoms. The molecule has 2 fully saturated rings. The number of hydrogen-bond donors (Lipinski definition) is 1. The van der Waals surface area contributed by atoms with Crippen LogP contribution in [0.3, 0.4) is 0 Å². The van der Waals surface area contributed by atoms with Gasteiger partial charge in [0.2, 0.25) is 0 Å². The fraction of sp³-hybridized carbons (Fsp3) is 0.393. The predicted octanol–water partition coefficient (Wildman–Crippen LogP) is 2.83. The number of morpholine rings is 1. The van der Waals surface area contributed by atoms with Crippen LogP contribution in [0, 0.1) is 0 Å². The molecule has 0 spiro atoms. The van der Waals surface area contributed by atoms with E-state index in [2.05, 4.69) is 26.1 Å². The lowest BCUT2D eigenvalue weighted by molar-refractivity contribution is -0.149. The average molecular weight is 562 g/mol. The number of carbonyl (C=O) groups excluding carboxylic acids is 2. The van der Waals surface area contributed by atoms with Gasteiger partial charge in [-0.3, -0.25) is 14.8 Å². The van der Waals surface area contributed by atoms with E-state index in [9.17, 15) is 9.59 Å². The van der Waals surface area contributed by atoms with E-state index < -0.39 is 5.97 Å². The van der Waals surface area contributed by atoms with Crippen LogP contribution in [0.5, 0.6) is 0 Å². The lowest BCUT2D eigenvalue weighted by Gasteiger charge is -2.34. The van der Waals surface area contributed by atoms with Crippen LogP contribution in [0.25, 0.3) is 32.5 Å². The van der Waals surface area contributed by atoms with E-state index >= 15 is 0 Å². The maximum absolute atomic E-state index is 12.5. The topological polar surface area (TPSA) is 117 Å². The third kappa shape index (κ3) is 5.55. The number of ether oxygens (including phenoxy) is 2. The molecule has 1 amide bonds. The first-order valence-electron chi connectivity index (χ1n) is 13.4. The zero-order chi connectivity index (χ0) is 27.5. The van der Waals surface area contributed by atoms with Crippen LogP contribution in [-0.2, 0) is 25.6 Å². The molecular weight excluding hydrogens is 530 g/mol. The van der Waals surface area contributed by atoms with Crippen LogP contribution >= 0.6 is 11.3 Å². The molecule has 1 N–H and O–H groups in total. The van der Waals surface area contributed by atoms with Crippen LogP contribution in [-0.4, -0.2) is 101 Å². The molecule has 0 radical (unpaired) electrons. The number of thiophene rings is 1. The number of esters is 1. The largest absolute Gasteiger partial charge is 0.452 e. The Morgan fingerprint density at radius 3 is 2.75 bits per heavy atom. The summed E-state index contributed by atoms with van der Waals surface area (Å²) in [6.07, 6.45) is 4.73. The molecule has 208 valence electrons. The Morgan fingerprint density at radius 1 is 1.12 bits per heavy atom. The van der Waals surface area contributed by atoms with Crippen molar-refractivity contribution < 1.29 is 19.1 Å². The maximum atomic E-state index is 12.5. The lowest BCUT2D eigenvalue weighted by atomic mass is 10.1. The van der Waals surface area contributed by atoms with E-state index in [4.69, 9.17) is 19.4 Å². The first-order chi connectivity index (χ1) is 19.6. The van der Waals surface area contributed by atoms with E-state index in [1.54, 1.807) is 29.2 Å². The summed E-state index contributed by atoms with van der Waals surface area (Å²) in [5.74, 6) is 0.976. The van der Waals surface area contributed by atoms with Gasteiger partial charge in [0, 0.05) is 67.7 Å². The van der Waals surface area contributed by atoms with Crippen LogP contribution in [0.15, 0.2) is 42.6 Å². The van der Waals surface area contributed by atoms with Gasteiger partial charge in [-0.2, -0.15) is 5.10 Å². The van der Waals surface area contributed by atoms with E-state index in [-0.39, 0.29) is 12.5 Å². The Hall–Kier alpha value is -3.87. The van der Waals surface area contributed by atoms with Gasteiger partial charge in [-0.1, -0.05) is 18.2 Å². The second kappa shape index (κ2) is 11.7. The number of hydrogen-bond acceptors (Lipinski definition) is 10. The molecule has 1 aromatic carbocycles. The quantitative estimate of drug-likeness (QED) is 0.269. The second-order valence-electron chi connectivity index (χ2n) is 9.80. The number of nitrogens with one attached hydrogen (secondary N) is 1. The van der Waals surface area contributed by atoms with Crippen LogP contribution < -0.4 is 4.90 Å². The highest BCUT2D eigenvalue weighted by molar-refractivity contribution is 7.19. The maximum Gasteiger partial charge on any atom is 0.330 e. The van der Waals surface area contributed by atoms with Crippen molar-refractivity contribution in [2.24, 2.45) is 0 Å². The number of benzene rings is 1. The normalized spacial score (nSPS) is 16.8. The van der Waals surface area contributed by atoms with Crippen molar-refractivity contribution in [2.45, 2.75) is 13.5 Å². The van der Waals surface area contributed by atoms with Crippen molar-refractivity contribution in [3.63, 3.8) is 0 Å². The van der Waals surface area contributed by atoms with Crippen molar-refractivity contribution in [3.8, 4) is 11.4 Å². The van der Waals surface area contributed by atoms with Crippen molar-refractivity contribution in [2.75, 3.05) is 64.0 Å². The van der Waals surface area contributed by atoms with Crippen LogP contribution in [0.1, 0.15) is 11.8 Å². The van der Waals surface area contributed by atoms with Gasteiger partial charge in [0.15, 0.2) is 18.2 Å². The number of amides is 1. The minimum Gasteiger partial charge on any atom is -0.452 e. The molecule has 0 unspecified atom stereocenters. The third-order valence-electron chi connectivity index (χ3n) is 7.19. The van der Waals surface area contributed by atoms with Gasteiger partial charge in [-0.25, -0.2) is 14.8 Å². The zero-order valence-corrected chi connectivity index (χ0v) is 23.2. The second-order valence-corrected chi connectivity index (χ2v) is 10.9. The molecule has 2 aliphatic heterocycles. The van der Waals surface area contributed by atoms with E-state index in [0.29, 0.717) is 32.1 Å². The fourth-order valence-electron chi connectivity index (χ4n) is 5.10. The Balaban J connectivity index is 1.21. The number of piperazine rings is 1. The fourth-order valence-corrected chi connectivity index (χ4v) is 6.25. The minimum absolute atomic E-state index is 0.162. The first-order valence-corrected chi connectivity index (χ1v) is 14.3. The zero-order valence-electron chi connectivity index (χ0n) is 22.3. The Bertz CT molecular complexity index is 1550. The molecule has 3 aromatic heterocycles. The van der Waals surface area contributed by atoms with Gasteiger partial charge in [-0.05, 0) is 19.1 Å². The molecular formula is C28H31N7O4S. The highest BCUT2D eigenvalue weighted by Gasteiger charge is 2.24. The van der Waals surface area contributed by atoms with Crippen LogP contribution in [0.4, 0.5) is 5.82 Å². The summed E-state index contributed by atoms with van der Waals surface area (Å²) >= 11 is 1.73. The number of aromatic nitrogens is 4. The molecule has 5 heterocycles. The Kier molecular flexibility index (Phi) is 7.71. The standard InChI is InChI=1S/C28H31N7O4S/c1-2-4-25(37)39-18-24(36)34-9-7-33(8-10-34)17-19-15-23-26(40-19)28(35-11-13-38-14-12-35)31-27(30-23)20-5-3-6-22-21(20)16-29-32-22/h2-6,15-16H,7-14,17-18H2,1H3,(H,29,32). The molecule has 4 aromatic rings. The molecule has 6 rings (SSSR count). The first kappa shape index (κ1) is 26.4. The number of nitrogens with zero attached hydrogens (tertiary/aromatic N) is 6. The summed E-state index contributed by atoms with van der Waals surface area (Å²) in [5, 5.41) is 8.24. The SMILES string of the molecule is CC=CC(=O)OCC(=O)N1CCN(Cc2cc3nc(-c4cccc5[nH]ncc45)nc(N4CCOCC4)c3s2)CC1. The van der Waals surface area contributed by atoms with Gasteiger partial charge in [0.25, 0.3) is 5.91 Å². The number of rotatable bonds is 7. The summed E-state index contributed by atoms with van der Waals surface area (Å²) in [5.41, 5.74) is 2.84. The summed E-state index contributed by atoms with van der Waals surface area (Å²) in [6, 6.07) is 8.20. The third-order valence-corrected chi connectivity index (χ3v) is 8.29. The summed E-state index contributed by atoms with van der Waals surface area (Å²) in [7, 11) is 0. The summed E-state index contributed by atoms with van der Waals surface area (Å²) in [6.45, 7) is 7.90. The highest BCUT2D eigenvalue weighted by atomic mass is 32.1. The van der Waals surface area contributed by atoms with E-state index in [0.717, 1.165) is 65.2 Å². The van der Waals surface area contributed by atoms with Gasteiger partial charge < -0.3 is 19.3 Å². The molecule has 0 aliphatic carbocycles. The number of fused-ring (bicyclic) bond motifs is 2. The van der Waals surface area contributed by atoms with Gasteiger partial charge in [0.1, 0.15) is 0 Å². The number of carbonyl (C=O) groups is 2. The monoisotopic (exact) mass is 561 g/mol. The molecule has 12 heteroatoms. The van der Waals surface area contributed by atoms with Gasteiger partial charge >= 0.3 is 5.97 Å². The molecule has 40 heavy (non-hydrogen) atoms. The van der Waals surface area contributed by atoms with Crippen LogP contribution in [0.2, 0.25) is 0 Å². The van der Waals surface area contributed by atoms with Crippen molar-refractivity contribution in [1.29, 1.82) is 0 Å². The van der Waals surface area contributed by atoms with Crippen molar-refractivity contribution in [3.05, 3.63) is 47.5 Å². The number of anilines is 1. The predicted molar refractivity (Wildman–Crippen MR) is 153 cm³/mol. The Morgan fingerprint density at radius 2 is 1.95 bits per heavy atom. The molecule has 0 saturated carbocycles. The minimum atomic E-state index is -0.497. The Labute approximate surface area is 235 Å². The van der Waals surface area contributed by atoms with E-state index in [1.165, 1.54) is 11.0 Å². The average Bonchev–Trinajstić information content (AvgIpc) is 3.63. The van der Waals surface area contributed by atoms with Crippen molar-refractivity contribution in [1.82, 2.24) is 30.0 Å². The number of aromatic amines is 1.